The van der Waals surface area contributed by atoms with Gasteiger partial charge in [0, 0.05) is 38.1 Å². The Morgan fingerprint density at radius 3 is 2.62 bits per heavy atom. The smallest absolute Gasteiger partial charge is 0.267 e. The molecule has 1 N–H and O–H groups in total. The molecule has 37 heavy (non-hydrogen) atoms. The topological polar surface area (TPSA) is 114 Å². The van der Waals surface area contributed by atoms with E-state index in [-0.39, 0.29) is 23.1 Å². The number of pyridine rings is 3. The fourth-order valence-corrected chi connectivity index (χ4v) is 5.64. The monoisotopic (exact) mass is 494 g/mol. The second-order valence-corrected chi connectivity index (χ2v) is 10.2. The molecule has 1 saturated carbocycles. The fraction of sp³-hybridized carbons (Fsp3) is 0.414. The second kappa shape index (κ2) is 10.5. The maximum Gasteiger partial charge on any atom is 0.267 e. The van der Waals surface area contributed by atoms with Crippen molar-refractivity contribution in [1.29, 1.82) is 10.5 Å². The zero-order valence-corrected chi connectivity index (χ0v) is 20.8. The summed E-state index contributed by atoms with van der Waals surface area (Å²) in [7, 11) is 0. The molecule has 8 heteroatoms. The lowest BCUT2D eigenvalue weighted by atomic mass is 9.76. The number of fused-ring (bicyclic) bond motifs is 1. The molecule has 3 aromatic heterocycles. The van der Waals surface area contributed by atoms with E-state index in [1.807, 2.05) is 12.1 Å². The molecular formula is C29H30N6O2. The molecule has 0 aromatic carbocycles. The van der Waals surface area contributed by atoms with Crippen molar-refractivity contribution >= 4 is 11.4 Å². The SMILES string of the molecule is N#Cc1ccnc(C2(C#N)CCN(Cc3cc(C(=O)NC4CCCCC4)c(=O)n4ccccc34)CC2)c1. The van der Waals surface area contributed by atoms with Crippen molar-refractivity contribution in [3.63, 3.8) is 0 Å². The Kier molecular flexibility index (Phi) is 7.03. The van der Waals surface area contributed by atoms with Crippen LogP contribution in [-0.2, 0) is 12.0 Å². The normalized spacial score (nSPS) is 18.1. The lowest BCUT2D eigenvalue weighted by Gasteiger charge is -2.37. The Morgan fingerprint density at radius 1 is 1.11 bits per heavy atom. The predicted molar refractivity (Wildman–Crippen MR) is 139 cm³/mol. The summed E-state index contributed by atoms with van der Waals surface area (Å²) in [4.78, 5) is 33.0. The van der Waals surface area contributed by atoms with Gasteiger partial charge in [-0.05, 0) is 61.6 Å². The number of carbonyl (C=O) groups is 1. The highest BCUT2D eigenvalue weighted by atomic mass is 16.2. The first kappa shape index (κ1) is 24.7. The van der Waals surface area contributed by atoms with Gasteiger partial charge in [-0.2, -0.15) is 10.5 Å². The van der Waals surface area contributed by atoms with Crippen LogP contribution in [0.15, 0.2) is 53.6 Å². The van der Waals surface area contributed by atoms with Gasteiger partial charge in [0.05, 0.1) is 28.9 Å². The summed E-state index contributed by atoms with van der Waals surface area (Å²) < 4.78 is 1.56. The fourth-order valence-electron chi connectivity index (χ4n) is 5.64. The second-order valence-electron chi connectivity index (χ2n) is 10.2. The molecule has 1 amide bonds. The Labute approximate surface area is 216 Å². The van der Waals surface area contributed by atoms with Crippen molar-refractivity contribution in [2.75, 3.05) is 13.1 Å². The highest BCUT2D eigenvalue weighted by Crippen LogP contribution is 2.34. The number of aromatic nitrogens is 2. The Hall–Kier alpha value is -4.01. The molecule has 3 aromatic rings. The van der Waals surface area contributed by atoms with Crippen LogP contribution in [0.1, 0.15) is 72.1 Å². The third-order valence-corrected chi connectivity index (χ3v) is 7.84. The molecule has 2 fully saturated rings. The van der Waals surface area contributed by atoms with E-state index in [0.717, 1.165) is 36.8 Å². The van der Waals surface area contributed by atoms with Crippen LogP contribution in [0, 0.1) is 22.7 Å². The number of carbonyl (C=O) groups excluding carboxylic acids is 1. The van der Waals surface area contributed by atoms with E-state index < -0.39 is 5.41 Å². The molecule has 1 aliphatic carbocycles. The third-order valence-electron chi connectivity index (χ3n) is 7.84. The van der Waals surface area contributed by atoms with E-state index in [4.69, 9.17) is 0 Å². The van der Waals surface area contributed by atoms with Gasteiger partial charge in [0.15, 0.2) is 0 Å². The number of hydrogen-bond donors (Lipinski definition) is 1. The zero-order valence-electron chi connectivity index (χ0n) is 20.8. The highest BCUT2D eigenvalue weighted by molar-refractivity contribution is 5.94. The van der Waals surface area contributed by atoms with E-state index in [1.54, 1.807) is 41.1 Å². The molecular weight excluding hydrogens is 464 g/mol. The quantitative estimate of drug-likeness (QED) is 0.579. The molecule has 5 rings (SSSR count). The molecule has 1 aliphatic heterocycles. The first-order valence-electron chi connectivity index (χ1n) is 13.0. The van der Waals surface area contributed by atoms with E-state index in [1.165, 1.54) is 6.42 Å². The van der Waals surface area contributed by atoms with Crippen molar-refractivity contribution in [2.24, 2.45) is 0 Å². The van der Waals surface area contributed by atoms with Gasteiger partial charge < -0.3 is 5.32 Å². The molecule has 2 aliphatic rings. The van der Waals surface area contributed by atoms with Gasteiger partial charge in [0.2, 0.25) is 0 Å². The van der Waals surface area contributed by atoms with E-state index in [2.05, 4.69) is 27.3 Å². The minimum atomic E-state index is -0.732. The Balaban J connectivity index is 1.38. The number of nitriles is 2. The van der Waals surface area contributed by atoms with E-state index in [0.29, 0.717) is 43.7 Å². The molecule has 0 atom stereocenters. The van der Waals surface area contributed by atoms with E-state index in [9.17, 15) is 20.1 Å². The van der Waals surface area contributed by atoms with Crippen molar-refractivity contribution in [3.8, 4) is 12.1 Å². The standard InChI is InChI=1S/C29H30N6O2/c30-18-21-9-12-32-26(16-21)29(20-31)10-14-34(15-11-29)19-22-17-24(27(36)33-23-6-2-1-3-7-23)28(37)35-13-5-4-8-25(22)35/h4-5,8-9,12-13,16-17,23H,1-3,6-7,10-11,14-15,19H2,(H,33,36). The molecule has 0 radical (unpaired) electrons. The minimum absolute atomic E-state index is 0.120. The van der Waals surface area contributed by atoms with Crippen LogP contribution in [-0.4, -0.2) is 39.3 Å². The largest absolute Gasteiger partial charge is 0.349 e. The van der Waals surface area contributed by atoms with Crippen LogP contribution in [0.25, 0.3) is 5.52 Å². The van der Waals surface area contributed by atoms with Crippen LogP contribution >= 0.6 is 0 Å². The number of likely N-dealkylation sites (tertiary alicyclic amines) is 1. The average Bonchev–Trinajstić information content (AvgIpc) is 2.95. The van der Waals surface area contributed by atoms with Gasteiger partial charge in [0.25, 0.3) is 11.5 Å². The number of amides is 1. The van der Waals surface area contributed by atoms with Gasteiger partial charge in [-0.3, -0.25) is 23.9 Å². The van der Waals surface area contributed by atoms with Gasteiger partial charge in [-0.1, -0.05) is 25.3 Å². The van der Waals surface area contributed by atoms with Gasteiger partial charge in [-0.25, -0.2) is 0 Å². The molecule has 1 saturated heterocycles. The van der Waals surface area contributed by atoms with Crippen LogP contribution in [0.3, 0.4) is 0 Å². The Bertz CT molecular complexity index is 1450. The Morgan fingerprint density at radius 2 is 1.89 bits per heavy atom. The summed E-state index contributed by atoms with van der Waals surface area (Å²) in [5.41, 5.74) is 1.97. The molecule has 0 unspecified atom stereocenters. The first-order valence-corrected chi connectivity index (χ1v) is 13.0. The average molecular weight is 495 g/mol. The maximum atomic E-state index is 13.2. The van der Waals surface area contributed by atoms with Crippen molar-refractivity contribution in [1.82, 2.24) is 19.6 Å². The summed E-state index contributed by atoms with van der Waals surface area (Å²) in [6.07, 6.45) is 9.78. The van der Waals surface area contributed by atoms with E-state index >= 15 is 0 Å². The first-order chi connectivity index (χ1) is 18.0. The summed E-state index contributed by atoms with van der Waals surface area (Å²) in [5.74, 6) is -0.304. The van der Waals surface area contributed by atoms with Crippen LogP contribution in [0.5, 0.6) is 0 Å². The van der Waals surface area contributed by atoms with Crippen molar-refractivity contribution in [2.45, 2.75) is 62.9 Å². The molecule has 4 heterocycles. The molecule has 0 bridgehead atoms. The molecule has 0 spiro atoms. The van der Waals surface area contributed by atoms with Crippen molar-refractivity contribution in [3.05, 3.63) is 81.5 Å². The van der Waals surface area contributed by atoms with Crippen LogP contribution in [0.4, 0.5) is 0 Å². The predicted octanol–water partition coefficient (Wildman–Crippen LogP) is 3.69. The lowest BCUT2D eigenvalue weighted by molar-refractivity contribution is 0.0925. The maximum absolute atomic E-state index is 13.2. The lowest BCUT2D eigenvalue weighted by Crippen LogP contribution is -2.42. The summed E-state index contributed by atoms with van der Waals surface area (Å²) in [6.45, 7) is 1.88. The van der Waals surface area contributed by atoms with Gasteiger partial charge in [0.1, 0.15) is 11.0 Å². The highest BCUT2D eigenvalue weighted by Gasteiger charge is 2.38. The summed E-state index contributed by atoms with van der Waals surface area (Å²) >= 11 is 0. The number of piperidine rings is 1. The van der Waals surface area contributed by atoms with Gasteiger partial charge in [-0.15, -0.1) is 0 Å². The molecule has 188 valence electrons. The number of hydrogen-bond acceptors (Lipinski definition) is 6. The molecule has 8 nitrogen and oxygen atoms in total. The summed E-state index contributed by atoms with van der Waals surface area (Å²) in [6, 6.07) is 15.4. The number of nitrogens with one attached hydrogen (secondary N) is 1. The zero-order chi connectivity index (χ0) is 25.8. The minimum Gasteiger partial charge on any atom is -0.349 e. The van der Waals surface area contributed by atoms with Crippen molar-refractivity contribution < 1.29 is 4.79 Å². The summed E-state index contributed by atoms with van der Waals surface area (Å²) in [5, 5.41) is 22.4. The number of rotatable bonds is 5. The third kappa shape index (κ3) is 4.98. The van der Waals surface area contributed by atoms with Crippen LogP contribution in [0.2, 0.25) is 0 Å². The van der Waals surface area contributed by atoms with Gasteiger partial charge >= 0.3 is 0 Å². The number of nitrogens with zero attached hydrogens (tertiary/aromatic N) is 5. The van der Waals surface area contributed by atoms with Crippen LogP contribution < -0.4 is 10.9 Å².